The van der Waals surface area contributed by atoms with E-state index in [1.807, 2.05) is 0 Å². The Morgan fingerprint density at radius 1 is 1.00 bits per heavy atom. The lowest BCUT2D eigenvalue weighted by Crippen LogP contribution is -2.26. The molecular weight excluding hydrogens is 540 g/mol. The number of aliphatic hydroxyl groups is 2. The molecule has 0 saturated carbocycles. The van der Waals surface area contributed by atoms with Gasteiger partial charge in [-0.3, -0.25) is 4.79 Å². The normalized spacial score (nSPS) is 12.3. The number of methoxy groups -OCH3 is 1. The second-order valence-corrected chi connectivity index (χ2v) is 11.0. The number of hydrogen-bond donors (Lipinski definition) is 5. The number of benzene rings is 2. The van der Waals surface area contributed by atoms with Crippen molar-refractivity contribution >= 4 is 16.0 Å². The molecule has 12 heteroatoms. The molecule has 2 rings (SSSR count). The van der Waals surface area contributed by atoms with Gasteiger partial charge in [-0.1, -0.05) is 25.0 Å². The van der Waals surface area contributed by atoms with Crippen molar-refractivity contribution < 1.29 is 42.8 Å². The summed E-state index contributed by atoms with van der Waals surface area (Å²) in [4.78, 5) is 17.1. The fourth-order valence-electron chi connectivity index (χ4n) is 3.98. The van der Waals surface area contributed by atoms with Crippen molar-refractivity contribution in [3.05, 3.63) is 53.1 Å². The number of rotatable bonds is 20. The summed E-state index contributed by atoms with van der Waals surface area (Å²) in [5, 5.41) is 32.4. The standard InChI is InChI=1S/C28H42N2O9S/c1-21(32)39-30-40(35,36)28-17-22(10-13-27(28)37-2)9-5-8-16-38-15-7-4-3-6-14-29-19-26(34)23-11-12-25(33)24(18-23)20-31/h10-13,17-18,26,29-31,33-34H,3-9,14-16,19-20H2,1-2H3/t26-/m1/s1. The quantitative estimate of drug-likeness (QED) is 0.116. The Morgan fingerprint density at radius 3 is 2.42 bits per heavy atom. The Morgan fingerprint density at radius 2 is 1.73 bits per heavy atom. The van der Waals surface area contributed by atoms with Crippen molar-refractivity contribution in [3.63, 3.8) is 0 Å². The maximum Gasteiger partial charge on any atom is 0.323 e. The summed E-state index contributed by atoms with van der Waals surface area (Å²) in [5.41, 5.74) is 1.87. The first-order chi connectivity index (χ1) is 19.2. The van der Waals surface area contributed by atoms with Crippen molar-refractivity contribution in [3.8, 4) is 11.5 Å². The largest absolute Gasteiger partial charge is 0.508 e. The Bertz CT molecular complexity index is 1160. The summed E-state index contributed by atoms with van der Waals surface area (Å²) in [6, 6.07) is 9.64. The minimum absolute atomic E-state index is 0.0190. The molecule has 11 nitrogen and oxygen atoms in total. The molecule has 0 fully saturated rings. The van der Waals surface area contributed by atoms with E-state index in [2.05, 4.69) is 10.2 Å². The number of hydrogen-bond acceptors (Lipinski definition) is 10. The molecule has 224 valence electrons. The second kappa shape index (κ2) is 17.8. The number of unbranched alkanes of at least 4 members (excludes halogenated alkanes) is 4. The first-order valence-electron chi connectivity index (χ1n) is 13.4. The van der Waals surface area contributed by atoms with Crippen LogP contribution in [0.3, 0.4) is 0 Å². The third-order valence-corrected chi connectivity index (χ3v) is 7.41. The minimum atomic E-state index is -4.07. The van der Waals surface area contributed by atoms with Gasteiger partial charge in [0.15, 0.2) is 0 Å². The number of aliphatic hydroxyl groups excluding tert-OH is 2. The van der Waals surface area contributed by atoms with Crippen LogP contribution in [0.1, 0.15) is 68.2 Å². The Hall–Kier alpha value is -2.74. The molecule has 0 radical (unpaired) electrons. The molecule has 0 unspecified atom stereocenters. The molecule has 0 aliphatic rings. The average Bonchev–Trinajstić information content (AvgIpc) is 2.94. The van der Waals surface area contributed by atoms with E-state index in [9.17, 15) is 28.5 Å². The Kier molecular flexibility index (Phi) is 14.9. The van der Waals surface area contributed by atoms with Crippen LogP contribution < -0.4 is 14.9 Å². The van der Waals surface area contributed by atoms with E-state index >= 15 is 0 Å². The highest BCUT2D eigenvalue weighted by Gasteiger charge is 2.21. The molecule has 0 heterocycles. The monoisotopic (exact) mass is 582 g/mol. The van der Waals surface area contributed by atoms with E-state index in [4.69, 9.17) is 9.47 Å². The maximum absolute atomic E-state index is 12.4. The number of sulfonamides is 1. The second-order valence-electron chi connectivity index (χ2n) is 9.42. The zero-order valence-electron chi connectivity index (χ0n) is 23.2. The Labute approximate surface area is 236 Å². The van der Waals surface area contributed by atoms with Gasteiger partial charge in [0.1, 0.15) is 16.4 Å². The minimum Gasteiger partial charge on any atom is -0.508 e. The maximum atomic E-state index is 12.4. The summed E-state index contributed by atoms with van der Waals surface area (Å²) in [6.45, 7) is 3.33. The van der Waals surface area contributed by atoms with Gasteiger partial charge in [-0.05, 0) is 78.9 Å². The van der Waals surface area contributed by atoms with Crippen LogP contribution >= 0.6 is 0 Å². The molecule has 5 N–H and O–H groups in total. The van der Waals surface area contributed by atoms with E-state index in [0.717, 1.165) is 57.6 Å². The van der Waals surface area contributed by atoms with E-state index < -0.39 is 22.1 Å². The molecule has 40 heavy (non-hydrogen) atoms. The van der Waals surface area contributed by atoms with Gasteiger partial charge in [0.05, 0.1) is 19.8 Å². The highest BCUT2D eigenvalue weighted by molar-refractivity contribution is 7.89. The SMILES string of the molecule is COc1ccc(CCCCOCCCCCCNC[C@@H](O)c2ccc(O)c(CO)c2)cc1S(=O)(=O)NOC(C)=O. The summed E-state index contributed by atoms with van der Waals surface area (Å²) < 4.78 is 35.7. The van der Waals surface area contributed by atoms with Crippen molar-refractivity contribution in [1.29, 1.82) is 0 Å². The van der Waals surface area contributed by atoms with Gasteiger partial charge in [-0.15, -0.1) is 0 Å². The van der Waals surface area contributed by atoms with Crippen molar-refractivity contribution in [2.45, 2.75) is 69.5 Å². The van der Waals surface area contributed by atoms with E-state index in [1.54, 1.807) is 29.2 Å². The number of ether oxygens (including phenoxy) is 2. The van der Waals surface area contributed by atoms with Gasteiger partial charge >= 0.3 is 5.97 Å². The molecular formula is C28H42N2O9S. The van der Waals surface area contributed by atoms with Crippen LogP contribution in [0.5, 0.6) is 11.5 Å². The highest BCUT2D eigenvalue weighted by atomic mass is 32.2. The van der Waals surface area contributed by atoms with Crippen LogP contribution in [0, 0.1) is 0 Å². The van der Waals surface area contributed by atoms with Crippen LogP contribution in [0.25, 0.3) is 0 Å². The number of aryl methyl sites for hydroxylation is 1. The molecule has 0 saturated heterocycles. The zero-order valence-corrected chi connectivity index (χ0v) is 24.0. The van der Waals surface area contributed by atoms with Crippen molar-refractivity contribution in [2.75, 3.05) is 33.4 Å². The molecule has 1 atom stereocenters. The van der Waals surface area contributed by atoms with Gasteiger partial charge in [0.2, 0.25) is 0 Å². The van der Waals surface area contributed by atoms with E-state index in [1.165, 1.54) is 19.2 Å². The average molecular weight is 583 g/mol. The first-order valence-corrected chi connectivity index (χ1v) is 14.9. The molecule has 0 amide bonds. The van der Waals surface area contributed by atoms with Crippen LogP contribution in [0.2, 0.25) is 0 Å². The van der Waals surface area contributed by atoms with Crippen LogP contribution in [0.4, 0.5) is 0 Å². The lowest BCUT2D eigenvalue weighted by molar-refractivity contribution is -0.144. The van der Waals surface area contributed by atoms with E-state index in [-0.39, 0.29) is 23.0 Å². The number of carbonyl (C=O) groups is 1. The molecule has 2 aromatic carbocycles. The highest BCUT2D eigenvalue weighted by Crippen LogP contribution is 2.26. The van der Waals surface area contributed by atoms with Crippen LogP contribution in [-0.2, 0) is 37.4 Å². The molecule has 0 aliphatic heterocycles. The zero-order chi connectivity index (χ0) is 29.4. The lowest BCUT2D eigenvalue weighted by Gasteiger charge is -2.14. The number of phenols is 1. The summed E-state index contributed by atoms with van der Waals surface area (Å²) >= 11 is 0. The fourth-order valence-corrected chi connectivity index (χ4v) is 5.02. The summed E-state index contributed by atoms with van der Waals surface area (Å²) in [6.07, 6.45) is 5.68. The van der Waals surface area contributed by atoms with Gasteiger partial charge < -0.3 is 34.9 Å². The fraction of sp³-hybridized carbons (Fsp3) is 0.536. The molecule has 2 aromatic rings. The summed E-state index contributed by atoms with van der Waals surface area (Å²) in [7, 11) is -2.70. The van der Waals surface area contributed by atoms with E-state index in [0.29, 0.717) is 37.3 Å². The van der Waals surface area contributed by atoms with Crippen molar-refractivity contribution in [1.82, 2.24) is 10.2 Å². The molecule has 0 aliphatic carbocycles. The molecule has 0 bridgehead atoms. The predicted molar refractivity (Wildman–Crippen MR) is 149 cm³/mol. The van der Waals surface area contributed by atoms with Gasteiger partial charge in [-0.25, -0.2) is 8.42 Å². The third kappa shape index (κ3) is 11.8. The van der Waals surface area contributed by atoms with Crippen molar-refractivity contribution in [2.24, 2.45) is 0 Å². The molecule has 0 spiro atoms. The molecule has 0 aromatic heterocycles. The number of carbonyl (C=O) groups excluding carboxylic acids is 1. The number of nitrogens with one attached hydrogen (secondary N) is 2. The topological polar surface area (TPSA) is 164 Å². The first kappa shape index (κ1) is 33.5. The predicted octanol–water partition coefficient (Wildman–Crippen LogP) is 2.87. The van der Waals surface area contributed by atoms with Crippen LogP contribution in [-0.4, -0.2) is 63.1 Å². The smallest absolute Gasteiger partial charge is 0.323 e. The number of aromatic hydroxyl groups is 1. The van der Waals surface area contributed by atoms with Gasteiger partial charge in [-0.2, -0.15) is 0 Å². The Balaban J connectivity index is 1.53. The van der Waals surface area contributed by atoms with Crippen LogP contribution in [0.15, 0.2) is 41.3 Å². The lowest BCUT2D eigenvalue weighted by atomic mass is 10.1. The summed E-state index contributed by atoms with van der Waals surface area (Å²) in [5.74, 6) is -0.592. The third-order valence-electron chi connectivity index (χ3n) is 6.21. The van der Waals surface area contributed by atoms with Gasteiger partial charge in [0.25, 0.3) is 10.0 Å². The van der Waals surface area contributed by atoms with Gasteiger partial charge in [0, 0.05) is 32.2 Å².